The lowest BCUT2D eigenvalue weighted by Gasteiger charge is -2.28. The molecule has 214 valence electrons. The first-order chi connectivity index (χ1) is 22.0. The molecule has 2 heteroatoms. The zero-order valence-electron chi connectivity index (χ0n) is 25.3. The molecular weight excluding hydrogens is 563 g/mol. The van der Waals surface area contributed by atoms with Gasteiger partial charge in [-0.05, 0) is 98.8 Å². The van der Waals surface area contributed by atoms with Crippen LogP contribution in [-0.4, -0.2) is 0 Å². The van der Waals surface area contributed by atoms with Gasteiger partial charge in [0.1, 0.15) is 0 Å². The second kappa shape index (κ2) is 9.92. The fourth-order valence-electron chi connectivity index (χ4n) is 7.34. The summed E-state index contributed by atoms with van der Waals surface area (Å²) >= 11 is 1.88. The molecule has 0 saturated heterocycles. The van der Waals surface area contributed by atoms with E-state index in [1.165, 1.54) is 64.3 Å². The van der Waals surface area contributed by atoms with Crippen LogP contribution in [0.25, 0.3) is 53.2 Å². The predicted octanol–water partition coefficient (Wildman–Crippen LogP) is 12.7. The van der Waals surface area contributed by atoms with Gasteiger partial charge in [-0.1, -0.05) is 111 Å². The Labute approximate surface area is 267 Å². The highest BCUT2D eigenvalue weighted by atomic mass is 32.1. The van der Waals surface area contributed by atoms with Gasteiger partial charge in [0.05, 0.1) is 0 Å². The molecule has 0 atom stereocenters. The molecule has 0 aliphatic heterocycles. The SMILES string of the molecule is CC1(C)c2ccccc2-c2cc(N(c3cccc(-c4ccccc4)c3)c3ccc4cc5c(cc4c3)sc3ccccc35)ccc21. The van der Waals surface area contributed by atoms with E-state index in [2.05, 4.69) is 170 Å². The van der Waals surface area contributed by atoms with E-state index in [-0.39, 0.29) is 5.41 Å². The van der Waals surface area contributed by atoms with Gasteiger partial charge in [-0.2, -0.15) is 0 Å². The van der Waals surface area contributed by atoms with Crippen molar-refractivity contribution < 1.29 is 0 Å². The van der Waals surface area contributed by atoms with Gasteiger partial charge in [-0.15, -0.1) is 11.3 Å². The van der Waals surface area contributed by atoms with Crippen LogP contribution in [0.2, 0.25) is 0 Å². The van der Waals surface area contributed by atoms with Gasteiger partial charge in [0.2, 0.25) is 0 Å². The van der Waals surface area contributed by atoms with Crippen molar-refractivity contribution in [1.29, 1.82) is 0 Å². The first-order valence-corrected chi connectivity index (χ1v) is 16.4. The van der Waals surface area contributed by atoms with Crippen molar-refractivity contribution in [2.24, 2.45) is 0 Å². The zero-order valence-corrected chi connectivity index (χ0v) is 26.1. The number of anilines is 3. The third kappa shape index (κ3) is 4.13. The summed E-state index contributed by atoms with van der Waals surface area (Å²) in [6.07, 6.45) is 0. The van der Waals surface area contributed by atoms with E-state index in [1.807, 2.05) is 11.3 Å². The van der Waals surface area contributed by atoms with E-state index >= 15 is 0 Å². The van der Waals surface area contributed by atoms with Gasteiger partial charge in [0.15, 0.2) is 0 Å². The Kier molecular flexibility index (Phi) is 5.78. The largest absolute Gasteiger partial charge is 0.310 e. The molecule has 0 fully saturated rings. The molecule has 0 spiro atoms. The minimum absolute atomic E-state index is 0.0267. The average molecular weight is 594 g/mol. The number of fused-ring (bicyclic) bond motifs is 7. The Balaban J connectivity index is 1.25. The van der Waals surface area contributed by atoms with Crippen LogP contribution < -0.4 is 4.90 Å². The number of thiophene rings is 1. The molecule has 0 amide bonds. The highest BCUT2D eigenvalue weighted by Crippen LogP contribution is 2.51. The molecule has 1 aromatic heterocycles. The lowest BCUT2D eigenvalue weighted by molar-refractivity contribution is 0.660. The average Bonchev–Trinajstić information content (AvgIpc) is 3.55. The van der Waals surface area contributed by atoms with Crippen LogP contribution in [0, 0.1) is 0 Å². The topological polar surface area (TPSA) is 3.24 Å². The van der Waals surface area contributed by atoms with E-state index in [1.54, 1.807) is 0 Å². The third-order valence-corrected chi connectivity index (χ3v) is 10.7. The van der Waals surface area contributed by atoms with Crippen LogP contribution in [0.5, 0.6) is 0 Å². The van der Waals surface area contributed by atoms with Gasteiger partial charge >= 0.3 is 0 Å². The fraction of sp³-hybridized carbons (Fsp3) is 0.0698. The van der Waals surface area contributed by atoms with Crippen LogP contribution in [-0.2, 0) is 5.41 Å². The molecule has 1 heterocycles. The molecule has 0 radical (unpaired) electrons. The summed E-state index contributed by atoms with van der Waals surface area (Å²) in [6.45, 7) is 4.69. The van der Waals surface area contributed by atoms with Crippen LogP contribution in [0.15, 0.2) is 152 Å². The molecule has 1 nitrogen and oxygen atoms in total. The van der Waals surface area contributed by atoms with Gasteiger partial charge in [-0.3, -0.25) is 0 Å². The summed E-state index contributed by atoms with van der Waals surface area (Å²) in [5.41, 5.74) is 11.3. The lowest BCUT2D eigenvalue weighted by Crippen LogP contribution is -2.15. The maximum absolute atomic E-state index is 2.43. The van der Waals surface area contributed by atoms with Crippen molar-refractivity contribution in [2.45, 2.75) is 19.3 Å². The molecule has 0 bridgehead atoms. The fourth-order valence-corrected chi connectivity index (χ4v) is 8.48. The molecule has 1 aliphatic rings. The number of benzene rings is 7. The van der Waals surface area contributed by atoms with E-state index in [0.717, 1.165) is 17.1 Å². The van der Waals surface area contributed by atoms with Crippen molar-refractivity contribution in [3.05, 3.63) is 163 Å². The van der Waals surface area contributed by atoms with Crippen molar-refractivity contribution in [2.75, 3.05) is 4.90 Å². The van der Waals surface area contributed by atoms with Gasteiger partial charge in [0, 0.05) is 42.6 Å². The minimum Gasteiger partial charge on any atom is -0.310 e. The van der Waals surface area contributed by atoms with Gasteiger partial charge in [-0.25, -0.2) is 0 Å². The van der Waals surface area contributed by atoms with Crippen LogP contribution in [0.4, 0.5) is 17.1 Å². The highest BCUT2D eigenvalue weighted by molar-refractivity contribution is 7.25. The monoisotopic (exact) mass is 593 g/mol. The van der Waals surface area contributed by atoms with Gasteiger partial charge < -0.3 is 4.90 Å². The van der Waals surface area contributed by atoms with Crippen LogP contribution in [0.1, 0.15) is 25.0 Å². The molecule has 8 aromatic rings. The minimum atomic E-state index is -0.0267. The second-order valence-corrected chi connectivity index (χ2v) is 13.7. The molecule has 1 aliphatic carbocycles. The van der Waals surface area contributed by atoms with E-state index in [0.29, 0.717) is 0 Å². The Morgan fingerprint density at radius 3 is 2.07 bits per heavy atom. The Hall–Kier alpha value is -5.18. The Morgan fingerprint density at radius 1 is 0.444 bits per heavy atom. The standard InChI is InChI=1S/C43H31NS/c1-43(2)39-17-8-6-15-35(39)37-27-34(21-22-40(37)43)44(32-14-10-13-29(23-32)28-11-4-3-5-12-28)33-20-19-30-25-38-36-16-7-9-18-41(36)45-42(38)26-31(30)24-33/h3-27H,1-2H3. The smallest absolute Gasteiger partial charge is 0.0468 e. The van der Waals surface area contributed by atoms with E-state index < -0.39 is 0 Å². The first-order valence-electron chi connectivity index (χ1n) is 15.6. The van der Waals surface area contributed by atoms with E-state index in [9.17, 15) is 0 Å². The normalized spacial score (nSPS) is 13.3. The molecule has 7 aromatic carbocycles. The summed E-state index contributed by atoms with van der Waals surface area (Å²) < 4.78 is 2.67. The van der Waals surface area contributed by atoms with Crippen molar-refractivity contribution >= 4 is 59.3 Å². The summed E-state index contributed by atoms with van der Waals surface area (Å²) in [7, 11) is 0. The summed E-state index contributed by atoms with van der Waals surface area (Å²) in [4.78, 5) is 2.43. The summed E-state index contributed by atoms with van der Waals surface area (Å²) in [6, 6.07) is 55.9. The lowest BCUT2D eigenvalue weighted by atomic mass is 9.82. The van der Waals surface area contributed by atoms with Crippen molar-refractivity contribution in [3.8, 4) is 22.3 Å². The molecule has 9 rings (SSSR count). The highest BCUT2D eigenvalue weighted by Gasteiger charge is 2.35. The quantitative estimate of drug-likeness (QED) is 0.196. The second-order valence-electron chi connectivity index (χ2n) is 12.6. The maximum atomic E-state index is 2.43. The number of hydrogen-bond donors (Lipinski definition) is 0. The summed E-state index contributed by atoms with van der Waals surface area (Å²) in [5, 5.41) is 5.19. The van der Waals surface area contributed by atoms with Crippen LogP contribution in [0.3, 0.4) is 0 Å². The predicted molar refractivity (Wildman–Crippen MR) is 195 cm³/mol. The Bertz CT molecular complexity index is 2410. The number of nitrogens with zero attached hydrogens (tertiary/aromatic N) is 1. The van der Waals surface area contributed by atoms with Crippen molar-refractivity contribution in [1.82, 2.24) is 0 Å². The maximum Gasteiger partial charge on any atom is 0.0468 e. The third-order valence-electron chi connectivity index (χ3n) is 9.61. The Morgan fingerprint density at radius 2 is 1.16 bits per heavy atom. The number of rotatable bonds is 4. The summed E-state index contributed by atoms with van der Waals surface area (Å²) in [5.74, 6) is 0. The molecule has 0 N–H and O–H groups in total. The first kappa shape index (κ1) is 26.2. The number of hydrogen-bond acceptors (Lipinski definition) is 2. The molecular formula is C43H31NS. The van der Waals surface area contributed by atoms with Gasteiger partial charge in [0.25, 0.3) is 0 Å². The zero-order chi connectivity index (χ0) is 30.1. The molecule has 0 saturated carbocycles. The molecule has 45 heavy (non-hydrogen) atoms. The van der Waals surface area contributed by atoms with Crippen molar-refractivity contribution in [3.63, 3.8) is 0 Å². The molecule has 0 unspecified atom stereocenters. The van der Waals surface area contributed by atoms with E-state index in [4.69, 9.17) is 0 Å². The van der Waals surface area contributed by atoms with Crippen LogP contribution >= 0.6 is 11.3 Å².